The van der Waals surface area contributed by atoms with Crippen molar-refractivity contribution in [3.8, 4) is 0 Å². The van der Waals surface area contributed by atoms with Crippen molar-refractivity contribution in [3.63, 3.8) is 0 Å². The van der Waals surface area contributed by atoms with Crippen LogP contribution in [0.5, 0.6) is 0 Å². The van der Waals surface area contributed by atoms with E-state index in [1.54, 1.807) is 4.90 Å². The monoisotopic (exact) mass is 468 g/mol. The number of amides is 1. The number of carbonyl (C=O) groups is 2. The fourth-order valence-corrected chi connectivity index (χ4v) is 5.42. The van der Waals surface area contributed by atoms with Crippen LogP contribution < -0.4 is 5.32 Å². The van der Waals surface area contributed by atoms with Crippen molar-refractivity contribution in [2.24, 2.45) is 5.92 Å². The average molecular weight is 469 g/mol. The van der Waals surface area contributed by atoms with Gasteiger partial charge in [0, 0.05) is 12.6 Å². The summed E-state index contributed by atoms with van der Waals surface area (Å²) in [6.07, 6.45) is 1.74. The Morgan fingerprint density at radius 1 is 0.886 bits per heavy atom. The standard InChI is InChI=1S/C30H32N2O3/c1-35-30(34)27-18-25(31-19-24-17-26(24)21-11-5-2-6-12-21)20-32(27)29(33)28(22-13-7-3-8-14-22)23-15-9-4-10-16-23/h2-16,24-28,31H,17-20H2,1H3. The summed E-state index contributed by atoms with van der Waals surface area (Å²) < 4.78 is 5.11. The molecular weight excluding hydrogens is 436 g/mol. The van der Waals surface area contributed by atoms with Crippen LogP contribution in [-0.4, -0.2) is 49.1 Å². The smallest absolute Gasteiger partial charge is 0.328 e. The molecule has 35 heavy (non-hydrogen) atoms. The van der Waals surface area contributed by atoms with Crippen LogP contribution >= 0.6 is 0 Å². The summed E-state index contributed by atoms with van der Waals surface area (Å²) in [5.74, 6) is 0.320. The molecule has 5 nitrogen and oxygen atoms in total. The van der Waals surface area contributed by atoms with Crippen LogP contribution in [0.1, 0.15) is 41.4 Å². The minimum Gasteiger partial charge on any atom is -0.467 e. The Labute approximate surface area is 207 Å². The van der Waals surface area contributed by atoms with Gasteiger partial charge in [-0.15, -0.1) is 0 Å². The molecular formula is C30H32N2O3. The van der Waals surface area contributed by atoms with Crippen LogP contribution in [0.3, 0.4) is 0 Å². The Kier molecular flexibility index (Phi) is 6.96. The van der Waals surface area contributed by atoms with Gasteiger partial charge in [0.1, 0.15) is 6.04 Å². The van der Waals surface area contributed by atoms with Gasteiger partial charge >= 0.3 is 5.97 Å². The second kappa shape index (κ2) is 10.4. The molecule has 5 rings (SSSR count). The normalized spacial score (nSPS) is 23.3. The lowest BCUT2D eigenvalue weighted by molar-refractivity contribution is -0.151. The van der Waals surface area contributed by atoms with Crippen molar-refractivity contribution in [3.05, 3.63) is 108 Å². The summed E-state index contributed by atoms with van der Waals surface area (Å²) in [5.41, 5.74) is 3.24. The van der Waals surface area contributed by atoms with Crippen molar-refractivity contribution in [1.82, 2.24) is 10.2 Å². The number of nitrogens with zero attached hydrogens (tertiary/aromatic N) is 1. The molecule has 1 N–H and O–H groups in total. The molecule has 1 amide bonds. The van der Waals surface area contributed by atoms with Crippen LogP contribution in [-0.2, 0) is 14.3 Å². The molecule has 4 unspecified atom stereocenters. The SMILES string of the molecule is COC(=O)C1CC(NCC2CC2c2ccccc2)CN1C(=O)C(c1ccccc1)c1ccccc1. The minimum atomic E-state index is -0.580. The van der Waals surface area contributed by atoms with E-state index >= 15 is 0 Å². The highest BCUT2D eigenvalue weighted by atomic mass is 16.5. The minimum absolute atomic E-state index is 0.0596. The first-order valence-electron chi connectivity index (χ1n) is 12.4. The number of hydrogen-bond acceptors (Lipinski definition) is 4. The molecule has 1 saturated heterocycles. The first-order valence-corrected chi connectivity index (χ1v) is 12.4. The van der Waals surface area contributed by atoms with Gasteiger partial charge in [-0.2, -0.15) is 0 Å². The zero-order valence-corrected chi connectivity index (χ0v) is 20.0. The third-order valence-electron chi connectivity index (χ3n) is 7.39. The van der Waals surface area contributed by atoms with Gasteiger partial charge in [-0.1, -0.05) is 91.0 Å². The summed E-state index contributed by atoms with van der Waals surface area (Å²) in [5, 5.41) is 3.65. The van der Waals surface area contributed by atoms with Gasteiger partial charge < -0.3 is 15.0 Å². The molecule has 1 aliphatic heterocycles. The van der Waals surface area contributed by atoms with E-state index < -0.39 is 12.0 Å². The maximum absolute atomic E-state index is 14.0. The molecule has 3 aromatic rings. The van der Waals surface area contributed by atoms with Crippen LogP contribution in [0.4, 0.5) is 0 Å². The van der Waals surface area contributed by atoms with Crippen molar-refractivity contribution in [2.75, 3.05) is 20.2 Å². The van der Waals surface area contributed by atoms with E-state index in [-0.39, 0.29) is 17.9 Å². The summed E-state index contributed by atoms with van der Waals surface area (Å²) >= 11 is 0. The maximum Gasteiger partial charge on any atom is 0.328 e. The quantitative estimate of drug-likeness (QED) is 0.499. The number of ether oxygens (including phenoxy) is 1. The van der Waals surface area contributed by atoms with E-state index in [0.717, 1.165) is 17.7 Å². The van der Waals surface area contributed by atoms with Crippen LogP contribution in [0.25, 0.3) is 0 Å². The lowest BCUT2D eigenvalue weighted by atomic mass is 9.90. The Bertz CT molecular complexity index is 1100. The molecule has 0 bridgehead atoms. The molecule has 1 aliphatic carbocycles. The van der Waals surface area contributed by atoms with Crippen LogP contribution in [0.15, 0.2) is 91.0 Å². The molecule has 2 aliphatic rings. The largest absolute Gasteiger partial charge is 0.467 e. The lowest BCUT2D eigenvalue weighted by Gasteiger charge is -2.28. The van der Waals surface area contributed by atoms with Gasteiger partial charge in [-0.25, -0.2) is 4.79 Å². The van der Waals surface area contributed by atoms with Gasteiger partial charge in [0.05, 0.1) is 13.0 Å². The zero-order valence-electron chi connectivity index (χ0n) is 20.0. The lowest BCUT2D eigenvalue weighted by Crippen LogP contribution is -2.44. The van der Waals surface area contributed by atoms with Crippen LogP contribution in [0.2, 0.25) is 0 Å². The fraction of sp³-hybridized carbons (Fsp3) is 0.333. The number of carbonyl (C=O) groups excluding carboxylic acids is 2. The number of esters is 1. The molecule has 0 aromatic heterocycles. The maximum atomic E-state index is 14.0. The summed E-state index contributed by atoms with van der Waals surface area (Å²) in [6, 6.07) is 29.7. The molecule has 1 saturated carbocycles. The molecule has 2 fully saturated rings. The number of methoxy groups -OCH3 is 1. The molecule has 4 atom stereocenters. The van der Waals surface area contributed by atoms with Gasteiger partial charge in [0.15, 0.2) is 0 Å². The van der Waals surface area contributed by atoms with E-state index in [0.29, 0.717) is 24.8 Å². The highest BCUT2D eigenvalue weighted by Crippen LogP contribution is 2.47. The van der Waals surface area contributed by atoms with Gasteiger partial charge in [0.2, 0.25) is 5.91 Å². The third kappa shape index (κ3) is 5.15. The third-order valence-corrected chi connectivity index (χ3v) is 7.39. The summed E-state index contributed by atoms with van der Waals surface area (Å²) in [4.78, 5) is 28.4. The zero-order chi connectivity index (χ0) is 24.2. The van der Waals surface area contributed by atoms with Crippen LogP contribution in [0, 0.1) is 5.92 Å². The van der Waals surface area contributed by atoms with Gasteiger partial charge in [-0.05, 0) is 47.9 Å². The number of likely N-dealkylation sites (tertiary alicyclic amines) is 1. The number of nitrogens with one attached hydrogen (secondary N) is 1. The average Bonchev–Trinajstić information content (AvgIpc) is 3.57. The Hall–Kier alpha value is -3.44. The highest BCUT2D eigenvalue weighted by molar-refractivity contribution is 5.91. The number of benzene rings is 3. The van der Waals surface area contributed by atoms with E-state index in [9.17, 15) is 9.59 Å². The van der Waals surface area contributed by atoms with E-state index in [1.165, 1.54) is 19.1 Å². The first kappa shape index (κ1) is 23.3. The predicted molar refractivity (Wildman–Crippen MR) is 136 cm³/mol. The predicted octanol–water partition coefficient (Wildman–Crippen LogP) is 4.35. The Morgan fingerprint density at radius 2 is 1.46 bits per heavy atom. The fourth-order valence-electron chi connectivity index (χ4n) is 5.42. The Balaban J connectivity index is 1.31. The molecule has 5 heteroatoms. The summed E-state index contributed by atoms with van der Waals surface area (Å²) in [7, 11) is 1.40. The van der Waals surface area contributed by atoms with Crippen molar-refractivity contribution in [1.29, 1.82) is 0 Å². The first-order chi connectivity index (χ1) is 17.2. The second-order valence-electron chi connectivity index (χ2n) is 9.64. The van der Waals surface area contributed by atoms with Crippen molar-refractivity contribution >= 4 is 11.9 Å². The van der Waals surface area contributed by atoms with E-state index in [1.807, 2.05) is 66.7 Å². The second-order valence-corrected chi connectivity index (χ2v) is 9.64. The highest BCUT2D eigenvalue weighted by Gasteiger charge is 2.44. The van der Waals surface area contributed by atoms with E-state index in [4.69, 9.17) is 4.74 Å². The van der Waals surface area contributed by atoms with E-state index in [2.05, 4.69) is 29.6 Å². The summed E-state index contributed by atoms with van der Waals surface area (Å²) in [6.45, 7) is 1.39. The van der Waals surface area contributed by atoms with Crippen molar-refractivity contribution < 1.29 is 14.3 Å². The molecule has 0 spiro atoms. The number of hydrogen-bond donors (Lipinski definition) is 1. The van der Waals surface area contributed by atoms with Crippen molar-refractivity contribution in [2.45, 2.75) is 36.8 Å². The Morgan fingerprint density at radius 3 is 2.03 bits per heavy atom. The molecule has 1 heterocycles. The molecule has 3 aromatic carbocycles. The topological polar surface area (TPSA) is 58.6 Å². The molecule has 180 valence electrons. The van der Waals surface area contributed by atoms with Gasteiger partial charge in [-0.3, -0.25) is 4.79 Å². The molecule has 0 radical (unpaired) electrons. The van der Waals surface area contributed by atoms with Gasteiger partial charge in [0.25, 0.3) is 0 Å². The number of rotatable bonds is 8.